The van der Waals surface area contributed by atoms with E-state index in [1.165, 1.54) is 24.2 Å². The summed E-state index contributed by atoms with van der Waals surface area (Å²) >= 11 is 6.14. The van der Waals surface area contributed by atoms with Crippen LogP contribution < -0.4 is 15.7 Å². The molecule has 0 aliphatic carbocycles. The molecular weight excluding hydrogens is 543 g/mol. The Bertz CT molecular complexity index is 1570. The van der Waals surface area contributed by atoms with Crippen molar-refractivity contribution in [1.29, 1.82) is 5.26 Å². The van der Waals surface area contributed by atoms with Crippen LogP contribution in [0.4, 0.5) is 17.3 Å². The zero-order valence-corrected chi connectivity index (χ0v) is 25.6. The van der Waals surface area contributed by atoms with Gasteiger partial charge in [-0.2, -0.15) is 5.26 Å². The highest BCUT2D eigenvalue weighted by molar-refractivity contribution is 6.74. The van der Waals surface area contributed by atoms with Crippen molar-refractivity contribution in [3.05, 3.63) is 63.2 Å². The molecule has 1 N–H and O–H groups in total. The monoisotopic (exact) mass is 575 g/mol. The Balaban J connectivity index is 1.77. The molecule has 0 spiro atoms. The minimum atomic E-state index is -2.07. The zero-order valence-electron chi connectivity index (χ0n) is 23.9. The minimum Gasteiger partial charge on any atom is -0.416 e. The number of hydrogen-bond acceptors (Lipinski definition) is 8. The molecule has 0 amide bonds. The van der Waals surface area contributed by atoms with Crippen LogP contribution in [-0.4, -0.2) is 49.6 Å². The van der Waals surface area contributed by atoms with Crippen molar-refractivity contribution in [2.45, 2.75) is 51.2 Å². The summed E-state index contributed by atoms with van der Waals surface area (Å²) in [7, 11) is 1.01. The van der Waals surface area contributed by atoms with Crippen molar-refractivity contribution in [3.63, 3.8) is 0 Å². The quantitative estimate of drug-likeness (QED) is 0.294. The summed E-state index contributed by atoms with van der Waals surface area (Å²) < 4.78 is 8.03. The number of nitriles is 1. The number of pyridine rings is 1. The third-order valence-electron chi connectivity index (χ3n) is 7.83. The van der Waals surface area contributed by atoms with Gasteiger partial charge in [0.05, 0.1) is 16.3 Å². The molecular formula is C28H33BClN6O3Si. The van der Waals surface area contributed by atoms with Crippen LogP contribution in [0.2, 0.25) is 23.2 Å². The molecule has 0 unspecified atom stereocenters. The number of nitrogens with zero attached hydrogens (tertiary/aromatic N) is 5. The standard InChI is InChI=1S/C28H33BClN6O3Si/c1-27(2,3)40(6,7)39-16-28(4)15-36(29-17-37)24-19(13-31)10-18(11-21(24)28)22-8-9-32-26(33-22)34-23-12-20(30)14-35(5)25(23)38/h8-12,14,17H,15-16H2,1-7H3,(H,32,33,34)/t28-/m1/s1. The summed E-state index contributed by atoms with van der Waals surface area (Å²) in [6.45, 7) is 14.1. The Morgan fingerprint density at radius 2 is 2.05 bits per heavy atom. The van der Waals surface area contributed by atoms with Crippen molar-refractivity contribution >= 4 is 50.8 Å². The first kappa shape index (κ1) is 29.5. The molecule has 40 heavy (non-hydrogen) atoms. The van der Waals surface area contributed by atoms with Gasteiger partial charge in [0.1, 0.15) is 17.9 Å². The molecule has 0 saturated carbocycles. The van der Waals surface area contributed by atoms with Crippen LogP contribution in [0.1, 0.15) is 38.8 Å². The van der Waals surface area contributed by atoms with Crippen LogP contribution in [-0.2, 0) is 21.7 Å². The topological polar surface area (TPSA) is 113 Å². The van der Waals surface area contributed by atoms with Crippen LogP contribution in [0, 0.1) is 11.3 Å². The SMILES string of the molecule is Cn1cc(Cl)cc(Nc2nccc(-c3cc(C#N)c4c(c3)[C@@](C)(CO[Si](C)(C)C(C)(C)C)CN4[B]C=O)n2)c1=O. The molecule has 1 aliphatic rings. The molecule has 9 nitrogen and oxygen atoms in total. The van der Waals surface area contributed by atoms with Gasteiger partial charge < -0.3 is 23.9 Å². The van der Waals surface area contributed by atoms with E-state index in [0.29, 0.717) is 40.7 Å². The normalized spacial score (nSPS) is 16.8. The minimum absolute atomic E-state index is 0.0351. The molecule has 1 aliphatic heterocycles. The summed E-state index contributed by atoms with van der Waals surface area (Å²) in [4.78, 5) is 34.8. The first-order valence-corrected chi connectivity index (χ1v) is 16.2. The zero-order chi connectivity index (χ0) is 29.5. The summed E-state index contributed by atoms with van der Waals surface area (Å²) in [5.41, 5.74) is 2.82. The summed E-state index contributed by atoms with van der Waals surface area (Å²) in [6.07, 6.45) is 3.85. The number of benzene rings is 1. The number of fused-ring (bicyclic) bond motifs is 1. The number of nitrogens with one attached hydrogen (secondary N) is 1. The van der Waals surface area contributed by atoms with Crippen molar-refractivity contribution < 1.29 is 9.22 Å². The lowest BCUT2D eigenvalue weighted by Crippen LogP contribution is -2.46. The smallest absolute Gasteiger partial charge is 0.329 e. The lowest BCUT2D eigenvalue weighted by atomic mass is 9.83. The fourth-order valence-electron chi connectivity index (χ4n) is 4.52. The van der Waals surface area contributed by atoms with Gasteiger partial charge in [0, 0.05) is 49.3 Å². The predicted octanol–water partition coefficient (Wildman–Crippen LogP) is 5.02. The van der Waals surface area contributed by atoms with Gasteiger partial charge in [-0.25, -0.2) is 9.97 Å². The van der Waals surface area contributed by atoms with E-state index in [9.17, 15) is 14.9 Å². The highest BCUT2D eigenvalue weighted by Crippen LogP contribution is 2.46. The Kier molecular flexibility index (Phi) is 8.00. The fourth-order valence-corrected chi connectivity index (χ4v) is 5.89. The molecule has 1 radical (unpaired) electrons. The Morgan fingerprint density at radius 1 is 1.32 bits per heavy atom. The number of carbonyl (C=O) groups is 1. The van der Waals surface area contributed by atoms with Crippen molar-refractivity contribution in [1.82, 2.24) is 14.5 Å². The average molecular weight is 576 g/mol. The molecule has 207 valence electrons. The van der Waals surface area contributed by atoms with E-state index >= 15 is 0 Å². The molecule has 0 fully saturated rings. The second kappa shape index (κ2) is 10.8. The fraction of sp³-hybridized carbons (Fsp3) is 0.393. The van der Waals surface area contributed by atoms with Gasteiger partial charge in [-0.1, -0.05) is 39.3 Å². The number of hydrogen-bond donors (Lipinski definition) is 1. The van der Waals surface area contributed by atoms with Crippen LogP contribution >= 0.6 is 11.6 Å². The highest BCUT2D eigenvalue weighted by atomic mass is 35.5. The van der Waals surface area contributed by atoms with Crippen LogP contribution in [0.5, 0.6) is 0 Å². The molecule has 12 heteroatoms. The van der Waals surface area contributed by atoms with Crippen molar-refractivity contribution in [2.75, 3.05) is 23.3 Å². The maximum atomic E-state index is 12.5. The lowest BCUT2D eigenvalue weighted by Gasteiger charge is -2.39. The molecule has 0 bridgehead atoms. The molecule has 2 aromatic heterocycles. The number of carbonyl (C=O) groups excluding carboxylic acids is 1. The van der Waals surface area contributed by atoms with Gasteiger partial charge in [0.15, 0.2) is 8.32 Å². The Morgan fingerprint density at radius 3 is 2.70 bits per heavy atom. The first-order valence-electron chi connectivity index (χ1n) is 12.9. The van der Waals surface area contributed by atoms with E-state index in [2.05, 4.69) is 62.1 Å². The average Bonchev–Trinajstić information content (AvgIpc) is 3.17. The van der Waals surface area contributed by atoms with E-state index in [-0.39, 0.29) is 22.2 Å². The number of aryl methyl sites for hydroxylation is 1. The Hall–Kier alpha value is -3.46. The Labute approximate surface area is 241 Å². The molecule has 1 atom stereocenters. The number of halogens is 1. The summed E-state index contributed by atoms with van der Waals surface area (Å²) in [5.74, 6) is 0.218. The van der Waals surface area contributed by atoms with Crippen LogP contribution in [0.15, 0.2) is 41.5 Å². The van der Waals surface area contributed by atoms with Gasteiger partial charge >= 0.3 is 7.41 Å². The molecule has 4 rings (SSSR count). The van der Waals surface area contributed by atoms with Crippen molar-refractivity contribution in [3.8, 4) is 17.3 Å². The van der Waals surface area contributed by atoms with Crippen LogP contribution in [0.3, 0.4) is 0 Å². The van der Waals surface area contributed by atoms with Gasteiger partial charge in [0.2, 0.25) is 5.95 Å². The summed E-state index contributed by atoms with van der Waals surface area (Å²) in [5, 5.41) is 13.5. The maximum absolute atomic E-state index is 12.5. The third-order valence-corrected chi connectivity index (χ3v) is 12.5. The molecule has 1 aromatic carbocycles. The first-order chi connectivity index (χ1) is 18.7. The van der Waals surface area contributed by atoms with Crippen LogP contribution in [0.25, 0.3) is 11.3 Å². The third kappa shape index (κ3) is 5.70. The highest BCUT2D eigenvalue weighted by Gasteiger charge is 2.44. The van der Waals surface area contributed by atoms with Gasteiger partial charge in [-0.05, 0) is 48.0 Å². The van der Waals surface area contributed by atoms with E-state index in [4.69, 9.17) is 16.0 Å². The molecule has 3 aromatic rings. The van der Waals surface area contributed by atoms with Gasteiger partial charge in [0.25, 0.3) is 5.56 Å². The second-order valence-corrected chi connectivity index (χ2v) is 17.2. The maximum Gasteiger partial charge on any atom is 0.329 e. The van der Waals surface area contributed by atoms with Gasteiger partial charge in [-0.3, -0.25) is 4.79 Å². The number of anilines is 3. The van der Waals surface area contributed by atoms with E-state index < -0.39 is 13.7 Å². The van der Waals surface area contributed by atoms with Gasteiger partial charge in [-0.15, -0.1) is 0 Å². The largest absolute Gasteiger partial charge is 0.416 e. The number of aromatic nitrogens is 3. The second-order valence-electron chi connectivity index (χ2n) is 11.9. The van der Waals surface area contributed by atoms with E-state index in [1.807, 2.05) is 10.9 Å². The molecule has 0 saturated heterocycles. The number of rotatable bonds is 8. The molecule has 3 heterocycles. The van der Waals surface area contributed by atoms with Crippen molar-refractivity contribution in [2.24, 2.45) is 7.05 Å². The lowest BCUT2D eigenvalue weighted by molar-refractivity contribution is 0.219. The predicted molar refractivity (Wildman–Crippen MR) is 163 cm³/mol. The van der Waals surface area contributed by atoms with E-state index in [1.54, 1.807) is 25.4 Å². The summed E-state index contributed by atoms with van der Waals surface area (Å²) in [6, 6.07) is 9.35. The van der Waals surface area contributed by atoms with E-state index in [0.717, 1.165) is 11.7 Å².